The standard InChI is InChI=1S/C10H17N3O2/c1-6-9(8(14)4-11)15-10(13-6)7-2-3-12-5-7/h7-8,12,14H,2-5,11H2,1H3. The molecule has 0 spiro atoms. The van der Waals surface area contributed by atoms with Crippen LogP contribution in [0.15, 0.2) is 4.42 Å². The van der Waals surface area contributed by atoms with E-state index in [2.05, 4.69) is 10.3 Å². The highest BCUT2D eigenvalue weighted by Crippen LogP contribution is 2.26. The second-order valence-electron chi connectivity index (χ2n) is 3.94. The second-order valence-corrected chi connectivity index (χ2v) is 3.94. The highest BCUT2D eigenvalue weighted by atomic mass is 16.4. The van der Waals surface area contributed by atoms with Gasteiger partial charge in [-0.3, -0.25) is 0 Å². The minimum absolute atomic E-state index is 0.165. The molecule has 0 saturated carbocycles. The van der Waals surface area contributed by atoms with Gasteiger partial charge >= 0.3 is 0 Å². The number of aliphatic hydroxyl groups excluding tert-OH is 1. The Hall–Kier alpha value is -0.910. The Balaban J connectivity index is 2.20. The van der Waals surface area contributed by atoms with Gasteiger partial charge in [0.2, 0.25) is 0 Å². The van der Waals surface area contributed by atoms with Crippen molar-refractivity contribution in [1.82, 2.24) is 10.3 Å². The molecule has 0 amide bonds. The van der Waals surface area contributed by atoms with Crippen molar-refractivity contribution in [3.05, 3.63) is 17.3 Å². The van der Waals surface area contributed by atoms with Gasteiger partial charge in [0, 0.05) is 19.0 Å². The van der Waals surface area contributed by atoms with E-state index in [-0.39, 0.29) is 6.54 Å². The predicted octanol–water partition coefficient (Wildman–Crippen LogP) is 0.0520. The SMILES string of the molecule is Cc1nc(C2CCNC2)oc1C(O)CN. The molecule has 84 valence electrons. The van der Waals surface area contributed by atoms with Gasteiger partial charge in [-0.1, -0.05) is 0 Å². The summed E-state index contributed by atoms with van der Waals surface area (Å²) in [5.74, 6) is 1.57. The van der Waals surface area contributed by atoms with E-state index in [1.165, 1.54) is 0 Å². The molecule has 2 rings (SSSR count). The van der Waals surface area contributed by atoms with Crippen molar-refractivity contribution in [3.63, 3.8) is 0 Å². The Kier molecular flexibility index (Phi) is 3.04. The van der Waals surface area contributed by atoms with Gasteiger partial charge in [-0.05, 0) is 19.9 Å². The molecule has 1 aliphatic heterocycles. The molecule has 0 aromatic carbocycles. The molecule has 1 aromatic heterocycles. The predicted molar refractivity (Wildman–Crippen MR) is 55.5 cm³/mol. The fourth-order valence-corrected chi connectivity index (χ4v) is 1.89. The molecule has 2 heterocycles. The van der Waals surface area contributed by atoms with Crippen molar-refractivity contribution >= 4 is 0 Å². The number of hydrogen-bond acceptors (Lipinski definition) is 5. The largest absolute Gasteiger partial charge is 0.442 e. The van der Waals surface area contributed by atoms with E-state index in [0.29, 0.717) is 11.7 Å². The number of nitrogens with two attached hydrogens (primary N) is 1. The van der Waals surface area contributed by atoms with E-state index >= 15 is 0 Å². The number of aromatic nitrogens is 1. The fraction of sp³-hybridized carbons (Fsp3) is 0.700. The number of rotatable bonds is 3. The summed E-state index contributed by atoms with van der Waals surface area (Å²) in [4.78, 5) is 4.34. The van der Waals surface area contributed by atoms with E-state index in [1.54, 1.807) is 0 Å². The maximum atomic E-state index is 9.59. The second kappa shape index (κ2) is 4.30. The molecule has 1 aliphatic rings. The van der Waals surface area contributed by atoms with Gasteiger partial charge in [0.05, 0.1) is 5.69 Å². The number of oxazole rings is 1. The molecule has 1 saturated heterocycles. The van der Waals surface area contributed by atoms with E-state index in [0.717, 1.165) is 31.1 Å². The fourth-order valence-electron chi connectivity index (χ4n) is 1.89. The molecular formula is C10H17N3O2. The Morgan fingerprint density at radius 2 is 2.53 bits per heavy atom. The van der Waals surface area contributed by atoms with Gasteiger partial charge < -0.3 is 20.6 Å². The Bertz CT molecular complexity index is 331. The van der Waals surface area contributed by atoms with Gasteiger partial charge in [0.1, 0.15) is 6.10 Å². The molecule has 15 heavy (non-hydrogen) atoms. The molecule has 2 unspecified atom stereocenters. The molecule has 0 radical (unpaired) electrons. The topological polar surface area (TPSA) is 84.3 Å². The first-order valence-corrected chi connectivity index (χ1v) is 5.28. The summed E-state index contributed by atoms with van der Waals surface area (Å²) < 4.78 is 5.57. The van der Waals surface area contributed by atoms with Crippen LogP contribution in [0.1, 0.15) is 35.8 Å². The van der Waals surface area contributed by atoms with Crippen LogP contribution in [0.5, 0.6) is 0 Å². The minimum Gasteiger partial charge on any atom is -0.442 e. The molecule has 0 aliphatic carbocycles. The lowest BCUT2D eigenvalue weighted by Crippen LogP contribution is -2.11. The van der Waals surface area contributed by atoms with Crippen LogP contribution in [-0.2, 0) is 0 Å². The maximum Gasteiger partial charge on any atom is 0.199 e. The van der Waals surface area contributed by atoms with Crippen molar-refractivity contribution in [2.45, 2.75) is 25.4 Å². The van der Waals surface area contributed by atoms with Crippen LogP contribution in [0.4, 0.5) is 0 Å². The highest BCUT2D eigenvalue weighted by molar-refractivity contribution is 5.13. The number of nitrogens with zero attached hydrogens (tertiary/aromatic N) is 1. The zero-order chi connectivity index (χ0) is 10.8. The number of aliphatic hydroxyl groups is 1. The van der Waals surface area contributed by atoms with Crippen LogP contribution in [0, 0.1) is 6.92 Å². The number of aryl methyl sites for hydroxylation is 1. The Morgan fingerprint density at radius 1 is 1.73 bits per heavy atom. The van der Waals surface area contributed by atoms with Gasteiger partial charge in [-0.15, -0.1) is 0 Å². The smallest absolute Gasteiger partial charge is 0.199 e. The van der Waals surface area contributed by atoms with E-state index in [4.69, 9.17) is 10.2 Å². The lowest BCUT2D eigenvalue weighted by Gasteiger charge is -2.04. The minimum atomic E-state index is -0.736. The van der Waals surface area contributed by atoms with Crippen LogP contribution in [-0.4, -0.2) is 29.7 Å². The average molecular weight is 211 g/mol. The molecular weight excluding hydrogens is 194 g/mol. The average Bonchev–Trinajstić information content (AvgIpc) is 2.84. The third-order valence-electron chi connectivity index (χ3n) is 2.78. The van der Waals surface area contributed by atoms with Gasteiger partial charge in [-0.2, -0.15) is 0 Å². The molecule has 1 aromatic rings. The van der Waals surface area contributed by atoms with Crippen LogP contribution in [0.3, 0.4) is 0 Å². The van der Waals surface area contributed by atoms with E-state index in [1.807, 2.05) is 6.92 Å². The first-order valence-electron chi connectivity index (χ1n) is 5.28. The summed E-state index contributed by atoms with van der Waals surface area (Å²) >= 11 is 0. The molecule has 2 atom stereocenters. The maximum absolute atomic E-state index is 9.59. The molecule has 1 fully saturated rings. The first kappa shape index (κ1) is 10.6. The Morgan fingerprint density at radius 3 is 3.13 bits per heavy atom. The Labute approximate surface area is 88.7 Å². The van der Waals surface area contributed by atoms with Crippen molar-refractivity contribution in [1.29, 1.82) is 0 Å². The summed E-state index contributed by atoms with van der Waals surface area (Å²) in [6.07, 6.45) is 0.304. The summed E-state index contributed by atoms with van der Waals surface area (Å²) in [5, 5.41) is 12.8. The summed E-state index contributed by atoms with van der Waals surface area (Å²) in [5.41, 5.74) is 6.13. The van der Waals surface area contributed by atoms with E-state index < -0.39 is 6.10 Å². The zero-order valence-electron chi connectivity index (χ0n) is 8.86. The number of hydrogen-bond donors (Lipinski definition) is 3. The molecule has 5 heteroatoms. The number of nitrogens with one attached hydrogen (secondary N) is 1. The highest BCUT2D eigenvalue weighted by Gasteiger charge is 2.24. The summed E-state index contributed by atoms with van der Waals surface area (Å²) in [6, 6.07) is 0. The zero-order valence-corrected chi connectivity index (χ0v) is 8.86. The third kappa shape index (κ3) is 2.04. The monoisotopic (exact) mass is 211 g/mol. The van der Waals surface area contributed by atoms with Gasteiger partial charge in [0.25, 0.3) is 0 Å². The lowest BCUT2D eigenvalue weighted by molar-refractivity contribution is 0.154. The normalized spacial score (nSPS) is 23.3. The van der Waals surface area contributed by atoms with Crippen molar-refractivity contribution < 1.29 is 9.52 Å². The van der Waals surface area contributed by atoms with Gasteiger partial charge in [-0.25, -0.2) is 4.98 Å². The lowest BCUT2D eigenvalue weighted by atomic mass is 10.1. The first-order chi connectivity index (χ1) is 7.22. The van der Waals surface area contributed by atoms with Crippen LogP contribution in [0.2, 0.25) is 0 Å². The van der Waals surface area contributed by atoms with Crippen LogP contribution in [0.25, 0.3) is 0 Å². The van der Waals surface area contributed by atoms with Gasteiger partial charge in [0.15, 0.2) is 11.7 Å². The molecule has 5 nitrogen and oxygen atoms in total. The van der Waals surface area contributed by atoms with Crippen molar-refractivity contribution in [2.24, 2.45) is 5.73 Å². The quantitative estimate of drug-likeness (QED) is 0.658. The molecule has 0 bridgehead atoms. The van der Waals surface area contributed by atoms with E-state index in [9.17, 15) is 5.11 Å². The van der Waals surface area contributed by atoms with Crippen molar-refractivity contribution in [2.75, 3.05) is 19.6 Å². The van der Waals surface area contributed by atoms with Crippen molar-refractivity contribution in [3.8, 4) is 0 Å². The third-order valence-corrected chi connectivity index (χ3v) is 2.78. The molecule has 4 N–H and O–H groups in total. The van der Waals surface area contributed by atoms with Crippen LogP contribution >= 0.6 is 0 Å². The van der Waals surface area contributed by atoms with Crippen LogP contribution < -0.4 is 11.1 Å². The summed E-state index contributed by atoms with van der Waals surface area (Å²) in [7, 11) is 0. The summed E-state index contributed by atoms with van der Waals surface area (Å²) in [6.45, 7) is 3.90.